The lowest BCUT2D eigenvalue weighted by atomic mass is 10.1. The van der Waals surface area contributed by atoms with Crippen LogP contribution in [0.2, 0.25) is 0 Å². The number of carbonyl (C=O) groups is 2. The zero-order valence-electron chi connectivity index (χ0n) is 10.5. The Morgan fingerprint density at radius 2 is 2.00 bits per heavy atom. The van der Waals surface area contributed by atoms with Crippen LogP contribution in [-0.4, -0.2) is 22.1 Å². The van der Waals surface area contributed by atoms with Crippen molar-refractivity contribution in [1.29, 1.82) is 0 Å². The zero-order valence-corrected chi connectivity index (χ0v) is 12.0. The molecule has 0 aliphatic rings. The van der Waals surface area contributed by atoms with E-state index in [0.717, 1.165) is 16.1 Å². The van der Waals surface area contributed by atoms with Gasteiger partial charge >= 0.3 is 5.97 Å². The standard InChI is InChI=1S/C13H11BrN2O4/c1-7(8-2-4-9(14)5-3-8)15-12(17)10-6-11(13(18)19)20-16-10/h2-7H,1H3,(H,15,17)(H,18,19). The summed E-state index contributed by atoms with van der Waals surface area (Å²) in [6.07, 6.45) is 0. The van der Waals surface area contributed by atoms with Crippen LogP contribution in [0.15, 0.2) is 39.3 Å². The summed E-state index contributed by atoms with van der Waals surface area (Å²) in [5.41, 5.74) is 0.856. The smallest absolute Gasteiger partial charge is 0.374 e. The highest BCUT2D eigenvalue weighted by atomic mass is 79.9. The molecule has 104 valence electrons. The molecule has 0 bridgehead atoms. The van der Waals surface area contributed by atoms with Gasteiger partial charge in [0.2, 0.25) is 5.76 Å². The van der Waals surface area contributed by atoms with Gasteiger partial charge in [-0.25, -0.2) is 4.79 Å². The Morgan fingerprint density at radius 1 is 1.35 bits per heavy atom. The predicted molar refractivity (Wildman–Crippen MR) is 73.5 cm³/mol. The molecule has 20 heavy (non-hydrogen) atoms. The van der Waals surface area contributed by atoms with Gasteiger partial charge in [0, 0.05) is 10.5 Å². The molecular formula is C13H11BrN2O4. The van der Waals surface area contributed by atoms with Gasteiger partial charge in [-0.3, -0.25) is 4.79 Å². The first-order chi connectivity index (χ1) is 9.47. The van der Waals surface area contributed by atoms with Crippen molar-refractivity contribution in [3.05, 3.63) is 51.8 Å². The molecule has 2 aromatic rings. The summed E-state index contributed by atoms with van der Waals surface area (Å²) in [6, 6.07) is 8.35. The van der Waals surface area contributed by atoms with E-state index in [2.05, 4.69) is 30.9 Å². The number of aromatic nitrogens is 1. The fraction of sp³-hybridized carbons (Fsp3) is 0.154. The number of carboxylic acid groups (broad SMARTS) is 1. The molecule has 1 aromatic carbocycles. The van der Waals surface area contributed by atoms with E-state index in [0.29, 0.717) is 0 Å². The summed E-state index contributed by atoms with van der Waals surface area (Å²) >= 11 is 3.33. The second-order valence-corrected chi connectivity index (χ2v) is 5.04. The molecule has 6 nitrogen and oxygen atoms in total. The number of rotatable bonds is 4. The average Bonchev–Trinajstić information content (AvgIpc) is 2.89. The minimum Gasteiger partial charge on any atom is -0.475 e. The van der Waals surface area contributed by atoms with E-state index in [-0.39, 0.29) is 17.5 Å². The molecule has 1 unspecified atom stereocenters. The Balaban J connectivity index is 2.06. The van der Waals surface area contributed by atoms with Crippen LogP contribution < -0.4 is 5.32 Å². The number of nitrogens with one attached hydrogen (secondary N) is 1. The molecule has 0 saturated heterocycles. The molecular weight excluding hydrogens is 328 g/mol. The third-order valence-electron chi connectivity index (χ3n) is 2.67. The average molecular weight is 339 g/mol. The Morgan fingerprint density at radius 3 is 2.55 bits per heavy atom. The van der Waals surface area contributed by atoms with Gasteiger partial charge in [-0.15, -0.1) is 0 Å². The number of nitrogens with zero attached hydrogens (tertiary/aromatic N) is 1. The lowest BCUT2D eigenvalue weighted by Crippen LogP contribution is -2.26. The number of benzene rings is 1. The predicted octanol–water partition coefficient (Wildman–Crippen LogP) is 2.63. The first kappa shape index (κ1) is 14.3. The van der Waals surface area contributed by atoms with Crippen molar-refractivity contribution in [2.24, 2.45) is 0 Å². The summed E-state index contributed by atoms with van der Waals surface area (Å²) < 4.78 is 5.48. The van der Waals surface area contributed by atoms with E-state index in [9.17, 15) is 9.59 Å². The second-order valence-electron chi connectivity index (χ2n) is 4.13. The van der Waals surface area contributed by atoms with Crippen LogP contribution >= 0.6 is 15.9 Å². The maximum absolute atomic E-state index is 11.9. The van der Waals surface area contributed by atoms with Gasteiger partial charge in [-0.2, -0.15) is 0 Å². The van der Waals surface area contributed by atoms with Crippen LogP contribution in [0.4, 0.5) is 0 Å². The van der Waals surface area contributed by atoms with Crippen LogP contribution in [0.1, 0.15) is 39.6 Å². The van der Waals surface area contributed by atoms with E-state index in [1.807, 2.05) is 31.2 Å². The minimum atomic E-state index is -1.27. The fourth-order valence-corrected chi connectivity index (χ4v) is 1.85. The second kappa shape index (κ2) is 5.87. The van der Waals surface area contributed by atoms with E-state index in [1.54, 1.807) is 0 Å². The Labute approximate surface area is 122 Å². The summed E-state index contributed by atoms with van der Waals surface area (Å²) in [7, 11) is 0. The number of halogens is 1. The molecule has 0 aliphatic heterocycles. The molecule has 7 heteroatoms. The minimum absolute atomic E-state index is 0.0636. The quantitative estimate of drug-likeness (QED) is 0.893. The molecule has 0 spiro atoms. The number of hydrogen-bond acceptors (Lipinski definition) is 4. The van der Waals surface area contributed by atoms with Crippen molar-refractivity contribution in [3.8, 4) is 0 Å². The van der Waals surface area contributed by atoms with Crippen LogP contribution in [0.3, 0.4) is 0 Å². The van der Waals surface area contributed by atoms with Crippen LogP contribution in [-0.2, 0) is 0 Å². The van der Waals surface area contributed by atoms with Crippen molar-refractivity contribution in [2.45, 2.75) is 13.0 Å². The van der Waals surface area contributed by atoms with Gasteiger partial charge in [-0.05, 0) is 24.6 Å². The number of aromatic carboxylic acids is 1. The number of carbonyl (C=O) groups excluding carboxylic acids is 1. The molecule has 1 aromatic heterocycles. The highest BCUT2D eigenvalue weighted by Gasteiger charge is 2.18. The molecule has 2 N–H and O–H groups in total. The van der Waals surface area contributed by atoms with Gasteiger partial charge in [0.1, 0.15) is 0 Å². The van der Waals surface area contributed by atoms with Crippen molar-refractivity contribution < 1.29 is 19.2 Å². The molecule has 2 rings (SSSR count). The van der Waals surface area contributed by atoms with Crippen molar-refractivity contribution >= 4 is 27.8 Å². The molecule has 0 fully saturated rings. The maximum atomic E-state index is 11.9. The summed E-state index contributed by atoms with van der Waals surface area (Å²) in [6.45, 7) is 1.82. The van der Waals surface area contributed by atoms with Gasteiger partial charge in [-0.1, -0.05) is 33.2 Å². The lowest BCUT2D eigenvalue weighted by Gasteiger charge is -2.13. The van der Waals surface area contributed by atoms with Crippen LogP contribution in [0, 0.1) is 0 Å². The number of hydrogen-bond donors (Lipinski definition) is 2. The SMILES string of the molecule is CC(NC(=O)c1cc(C(=O)O)on1)c1ccc(Br)cc1. The van der Waals surface area contributed by atoms with E-state index in [4.69, 9.17) is 5.11 Å². The first-order valence-corrected chi connectivity index (χ1v) is 6.53. The Kier molecular flexibility index (Phi) is 4.19. The fourth-order valence-electron chi connectivity index (χ4n) is 1.59. The molecule has 0 radical (unpaired) electrons. The first-order valence-electron chi connectivity index (χ1n) is 5.73. The number of amides is 1. The van der Waals surface area contributed by atoms with Gasteiger partial charge in [0.05, 0.1) is 6.04 Å². The highest BCUT2D eigenvalue weighted by Crippen LogP contribution is 2.17. The molecule has 1 amide bonds. The molecule has 0 aliphatic carbocycles. The van der Waals surface area contributed by atoms with E-state index < -0.39 is 11.9 Å². The Bertz CT molecular complexity index is 636. The van der Waals surface area contributed by atoms with Crippen molar-refractivity contribution in [3.63, 3.8) is 0 Å². The highest BCUT2D eigenvalue weighted by molar-refractivity contribution is 9.10. The summed E-state index contributed by atoms with van der Waals surface area (Å²) in [5.74, 6) is -2.12. The summed E-state index contributed by atoms with van der Waals surface area (Å²) in [5, 5.41) is 14.8. The summed E-state index contributed by atoms with van der Waals surface area (Å²) in [4.78, 5) is 22.5. The largest absolute Gasteiger partial charge is 0.475 e. The molecule has 1 heterocycles. The monoisotopic (exact) mass is 338 g/mol. The molecule has 0 saturated carbocycles. The topological polar surface area (TPSA) is 92.4 Å². The van der Waals surface area contributed by atoms with Crippen LogP contribution in [0.25, 0.3) is 0 Å². The maximum Gasteiger partial charge on any atom is 0.374 e. The third-order valence-corrected chi connectivity index (χ3v) is 3.20. The van der Waals surface area contributed by atoms with E-state index >= 15 is 0 Å². The Hall–Kier alpha value is -2.15. The number of carboxylic acids is 1. The zero-order chi connectivity index (χ0) is 14.7. The van der Waals surface area contributed by atoms with Crippen molar-refractivity contribution in [1.82, 2.24) is 10.5 Å². The van der Waals surface area contributed by atoms with Gasteiger partial charge in [0.25, 0.3) is 5.91 Å². The lowest BCUT2D eigenvalue weighted by molar-refractivity contribution is 0.0651. The van der Waals surface area contributed by atoms with E-state index in [1.165, 1.54) is 0 Å². The molecule has 1 atom stereocenters. The van der Waals surface area contributed by atoms with Gasteiger partial charge in [0.15, 0.2) is 5.69 Å². The third kappa shape index (κ3) is 3.24. The van der Waals surface area contributed by atoms with Crippen LogP contribution in [0.5, 0.6) is 0 Å². The van der Waals surface area contributed by atoms with Crippen molar-refractivity contribution in [2.75, 3.05) is 0 Å². The normalized spacial score (nSPS) is 11.9. The van der Waals surface area contributed by atoms with Gasteiger partial charge < -0.3 is 14.9 Å².